The zero-order valence-electron chi connectivity index (χ0n) is 12.6. The van der Waals surface area contributed by atoms with Crippen LogP contribution in [0, 0.1) is 0 Å². The highest BCUT2D eigenvalue weighted by molar-refractivity contribution is 7.90. The van der Waals surface area contributed by atoms with Crippen molar-refractivity contribution in [2.24, 2.45) is 4.40 Å². The van der Waals surface area contributed by atoms with Gasteiger partial charge in [-0.3, -0.25) is 4.90 Å². The summed E-state index contributed by atoms with van der Waals surface area (Å²) in [6.45, 7) is 6.13. The Balaban J connectivity index is 1.48. The first kappa shape index (κ1) is 14.2. The van der Waals surface area contributed by atoms with Gasteiger partial charge in [0.1, 0.15) is 4.90 Å². The number of sulfonamides is 1. The van der Waals surface area contributed by atoms with E-state index in [4.69, 9.17) is 0 Å². The van der Waals surface area contributed by atoms with Crippen LogP contribution in [0.25, 0.3) is 0 Å². The van der Waals surface area contributed by atoms with E-state index in [-0.39, 0.29) is 0 Å². The lowest BCUT2D eigenvalue weighted by Gasteiger charge is -2.48. The third kappa shape index (κ3) is 2.24. The number of fused-ring (bicyclic) bond motifs is 1. The van der Waals surface area contributed by atoms with Gasteiger partial charge in [-0.15, -0.1) is 4.40 Å². The lowest BCUT2D eigenvalue weighted by molar-refractivity contribution is 0.0432. The maximum atomic E-state index is 12.1. The van der Waals surface area contributed by atoms with Gasteiger partial charge in [0.05, 0.1) is 0 Å². The van der Waals surface area contributed by atoms with Gasteiger partial charge in [0.2, 0.25) is 0 Å². The molecule has 4 rings (SSSR count). The zero-order chi connectivity index (χ0) is 15.3. The van der Waals surface area contributed by atoms with E-state index in [0.29, 0.717) is 16.8 Å². The number of piperazine rings is 1. The van der Waals surface area contributed by atoms with Gasteiger partial charge in [0.25, 0.3) is 10.0 Å². The van der Waals surface area contributed by atoms with E-state index in [9.17, 15) is 8.42 Å². The Morgan fingerprint density at radius 1 is 1.09 bits per heavy atom. The van der Waals surface area contributed by atoms with Crippen molar-refractivity contribution in [3.05, 3.63) is 29.8 Å². The minimum atomic E-state index is -3.50. The van der Waals surface area contributed by atoms with Crippen LogP contribution in [-0.2, 0) is 10.0 Å². The average Bonchev–Trinajstić information content (AvgIpc) is 2.72. The minimum Gasteiger partial charge on any atom is -0.352 e. The zero-order valence-corrected chi connectivity index (χ0v) is 13.5. The van der Waals surface area contributed by atoms with Crippen molar-refractivity contribution < 1.29 is 8.42 Å². The number of benzene rings is 1. The molecule has 118 valence electrons. The van der Waals surface area contributed by atoms with Crippen LogP contribution >= 0.6 is 0 Å². The summed E-state index contributed by atoms with van der Waals surface area (Å²) in [7, 11) is -1.35. The van der Waals surface area contributed by atoms with Crippen molar-refractivity contribution >= 4 is 15.9 Å². The Labute approximate surface area is 131 Å². The summed E-state index contributed by atoms with van der Waals surface area (Å²) in [6.07, 6.45) is 0. The highest BCUT2D eigenvalue weighted by Crippen LogP contribution is 2.30. The maximum Gasteiger partial charge on any atom is 0.285 e. The van der Waals surface area contributed by atoms with Gasteiger partial charge in [0, 0.05) is 50.9 Å². The largest absolute Gasteiger partial charge is 0.352 e. The van der Waals surface area contributed by atoms with Crippen molar-refractivity contribution in [2.45, 2.75) is 10.9 Å². The molecule has 0 bridgehead atoms. The summed E-state index contributed by atoms with van der Waals surface area (Å²) in [4.78, 5) is 7.28. The number of likely N-dealkylation sites (N-methyl/N-ethyl adjacent to an activating group) is 1. The lowest BCUT2D eigenvalue weighted by Crippen LogP contribution is -2.63. The predicted molar refractivity (Wildman–Crippen MR) is 84.6 cm³/mol. The van der Waals surface area contributed by atoms with Crippen molar-refractivity contribution in [1.82, 2.24) is 14.7 Å². The van der Waals surface area contributed by atoms with Gasteiger partial charge >= 0.3 is 0 Å². The summed E-state index contributed by atoms with van der Waals surface area (Å²) in [5.41, 5.74) is 0.749. The second-order valence-electron chi connectivity index (χ2n) is 6.28. The molecule has 0 saturated carbocycles. The number of hydrogen-bond acceptors (Lipinski definition) is 5. The van der Waals surface area contributed by atoms with Crippen molar-refractivity contribution in [2.75, 3.05) is 46.3 Å². The average molecular weight is 320 g/mol. The topological polar surface area (TPSA) is 56.2 Å². The van der Waals surface area contributed by atoms with Crippen LogP contribution in [0.1, 0.15) is 5.56 Å². The monoisotopic (exact) mass is 320 g/mol. The molecule has 0 radical (unpaired) electrons. The van der Waals surface area contributed by atoms with Gasteiger partial charge in [-0.2, -0.15) is 8.42 Å². The first-order valence-electron chi connectivity index (χ1n) is 7.66. The third-order valence-electron chi connectivity index (χ3n) is 4.83. The van der Waals surface area contributed by atoms with Crippen LogP contribution in [0.4, 0.5) is 0 Å². The Morgan fingerprint density at radius 2 is 1.77 bits per heavy atom. The van der Waals surface area contributed by atoms with Gasteiger partial charge in [-0.1, -0.05) is 12.1 Å². The van der Waals surface area contributed by atoms with E-state index in [1.165, 1.54) is 0 Å². The molecule has 0 amide bonds. The molecular weight excluding hydrogens is 300 g/mol. The molecular formula is C15H20N4O2S. The molecule has 6 nitrogen and oxygen atoms in total. The number of rotatable bonds is 1. The smallest absolute Gasteiger partial charge is 0.285 e. The lowest BCUT2D eigenvalue weighted by atomic mass is 10.0. The molecule has 3 aliphatic heterocycles. The fourth-order valence-corrected chi connectivity index (χ4v) is 4.59. The van der Waals surface area contributed by atoms with E-state index in [1.807, 2.05) is 12.1 Å². The second-order valence-corrected chi connectivity index (χ2v) is 7.86. The number of amidine groups is 1. The minimum absolute atomic E-state index is 0.341. The van der Waals surface area contributed by atoms with E-state index >= 15 is 0 Å². The molecule has 0 aromatic heterocycles. The molecule has 2 fully saturated rings. The van der Waals surface area contributed by atoms with E-state index in [2.05, 4.69) is 26.1 Å². The van der Waals surface area contributed by atoms with E-state index in [0.717, 1.165) is 44.8 Å². The fraction of sp³-hybridized carbons (Fsp3) is 0.533. The quantitative estimate of drug-likeness (QED) is 0.733. The molecule has 0 unspecified atom stereocenters. The van der Waals surface area contributed by atoms with E-state index in [1.54, 1.807) is 12.1 Å². The molecule has 0 aliphatic carbocycles. The van der Waals surface area contributed by atoms with Gasteiger partial charge in [-0.05, 0) is 19.2 Å². The first-order chi connectivity index (χ1) is 10.5. The summed E-state index contributed by atoms with van der Waals surface area (Å²) in [5.74, 6) is 0.626. The molecule has 3 aliphatic rings. The molecule has 3 heterocycles. The molecule has 1 aromatic carbocycles. The number of likely N-dealkylation sites (tertiary alicyclic amines) is 1. The summed E-state index contributed by atoms with van der Waals surface area (Å²) in [5, 5.41) is 0. The SMILES string of the molecule is CN1CCN(C2CN(C3=NS(=O)(=O)c4ccccc43)C2)CC1. The molecule has 0 N–H and O–H groups in total. The third-order valence-corrected chi connectivity index (χ3v) is 6.15. The van der Waals surface area contributed by atoms with Crippen LogP contribution in [0.3, 0.4) is 0 Å². The summed E-state index contributed by atoms with van der Waals surface area (Å²) >= 11 is 0. The highest BCUT2D eigenvalue weighted by Gasteiger charge is 2.39. The van der Waals surface area contributed by atoms with Crippen LogP contribution < -0.4 is 0 Å². The summed E-state index contributed by atoms with van der Waals surface area (Å²) in [6, 6.07) is 7.62. The van der Waals surface area contributed by atoms with E-state index < -0.39 is 10.0 Å². The molecule has 0 atom stereocenters. The Bertz CT molecular complexity index is 717. The second kappa shape index (κ2) is 5.04. The summed E-state index contributed by atoms with van der Waals surface area (Å²) < 4.78 is 28.2. The van der Waals surface area contributed by atoms with Crippen molar-refractivity contribution in [3.63, 3.8) is 0 Å². The standard InChI is InChI=1S/C15H20N4O2S/c1-17-6-8-18(9-7-17)12-10-19(11-12)15-13-4-2-3-5-14(13)22(20,21)16-15/h2-5,12H,6-11H2,1H3. The Kier molecular flexibility index (Phi) is 3.25. The first-order valence-corrected chi connectivity index (χ1v) is 9.10. The normalized spacial score (nSPS) is 25.7. The molecule has 0 spiro atoms. The van der Waals surface area contributed by atoms with Crippen LogP contribution in [0.5, 0.6) is 0 Å². The molecule has 2 saturated heterocycles. The number of nitrogens with zero attached hydrogens (tertiary/aromatic N) is 4. The molecule has 1 aromatic rings. The van der Waals surface area contributed by atoms with Crippen LogP contribution in [0.15, 0.2) is 33.6 Å². The highest BCUT2D eigenvalue weighted by atomic mass is 32.2. The van der Waals surface area contributed by atoms with Crippen molar-refractivity contribution in [1.29, 1.82) is 0 Å². The molecule has 7 heteroatoms. The van der Waals surface area contributed by atoms with Crippen LogP contribution in [0.2, 0.25) is 0 Å². The van der Waals surface area contributed by atoms with Gasteiger partial charge in [-0.25, -0.2) is 0 Å². The fourth-order valence-electron chi connectivity index (χ4n) is 3.36. The molecule has 22 heavy (non-hydrogen) atoms. The van der Waals surface area contributed by atoms with Gasteiger partial charge < -0.3 is 9.80 Å². The maximum absolute atomic E-state index is 12.1. The van der Waals surface area contributed by atoms with Crippen molar-refractivity contribution in [3.8, 4) is 0 Å². The Morgan fingerprint density at radius 3 is 2.50 bits per heavy atom. The predicted octanol–water partition coefficient (Wildman–Crippen LogP) is 0.0671. The Hall–Kier alpha value is -1.44. The number of hydrogen-bond donors (Lipinski definition) is 0. The van der Waals surface area contributed by atoms with Crippen LogP contribution in [-0.4, -0.2) is 81.3 Å². The van der Waals surface area contributed by atoms with Gasteiger partial charge in [0.15, 0.2) is 5.84 Å².